The Morgan fingerprint density at radius 3 is 2.56 bits per heavy atom. The number of carboxylic acids is 1. The summed E-state index contributed by atoms with van der Waals surface area (Å²) in [5.74, 6) is -1.01. The van der Waals surface area contributed by atoms with E-state index in [4.69, 9.17) is 17.3 Å². The van der Waals surface area contributed by atoms with Gasteiger partial charge in [0.05, 0.1) is 9.83 Å². The van der Waals surface area contributed by atoms with Crippen LogP contribution in [0, 0.1) is 10.1 Å². The summed E-state index contributed by atoms with van der Waals surface area (Å²) in [6, 6.07) is 5.93. The molecule has 0 aliphatic carbocycles. The van der Waals surface area contributed by atoms with E-state index in [1.165, 1.54) is 28.8 Å². The molecule has 7 nitrogen and oxygen atoms in total. The average Bonchev–Trinajstić information content (AvgIpc) is 2.82. The fraction of sp³-hybridized carbons (Fsp3) is 0.312. The van der Waals surface area contributed by atoms with Gasteiger partial charge < -0.3 is 5.11 Å². The van der Waals surface area contributed by atoms with Gasteiger partial charge in [-0.2, -0.15) is 0 Å². The lowest BCUT2D eigenvalue weighted by Crippen LogP contribution is -2.29. The van der Waals surface area contributed by atoms with E-state index in [-0.39, 0.29) is 18.0 Å². The largest absolute Gasteiger partial charge is 0.481 e. The van der Waals surface area contributed by atoms with E-state index >= 15 is 0 Å². The topological polar surface area (TPSA) is 101 Å². The normalized spacial score (nSPS) is 15.8. The number of hydrogen-bond acceptors (Lipinski definition) is 6. The minimum absolute atomic E-state index is 0.00828. The Hall–Kier alpha value is -2.26. The van der Waals surface area contributed by atoms with E-state index in [2.05, 4.69) is 0 Å². The zero-order valence-electron chi connectivity index (χ0n) is 13.2. The minimum Gasteiger partial charge on any atom is -0.481 e. The van der Waals surface area contributed by atoms with Crippen LogP contribution in [0.25, 0.3) is 6.08 Å². The first kappa shape index (κ1) is 19.1. The van der Waals surface area contributed by atoms with E-state index in [1.807, 2.05) is 0 Å². The molecule has 2 rings (SSSR count). The van der Waals surface area contributed by atoms with Crippen LogP contribution in [0.4, 0.5) is 5.69 Å². The molecule has 0 aromatic heterocycles. The van der Waals surface area contributed by atoms with Crippen molar-refractivity contribution in [3.63, 3.8) is 0 Å². The van der Waals surface area contributed by atoms with Crippen LogP contribution in [0.5, 0.6) is 0 Å². The Kier molecular flexibility index (Phi) is 6.65. The van der Waals surface area contributed by atoms with Crippen LogP contribution in [0.3, 0.4) is 0 Å². The van der Waals surface area contributed by atoms with Gasteiger partial charge in [-0.3, -0.25) is 24.6 Å². The second kappa shape index (κ2) is 8.72. The molecule has 1 aromatic rings. The summed E-state index contributed by atoms with van der Waals surface area (Å²) in [7, 11) is 0. The van der Waals surface area contributed by atoms with Gasteiger partial charge >= 0.3 is 5.97 Å². The first-order chi connectivity index (χ1) is 11.9. The first-order valence-electron chi connectivity index (χ1n) is 7.60. The molecule has 0 unspecified atom stereocenters. The molecular weight excluding hydrogens is 364 g/mol. The molecule has 1 aliphatic heterocycles. The van der Waals surface area contributed by atoms with Crippen molar-refractivity contribution in [2.24, 2.45) is 0 Å². The lowest BCUT2D eigenvalue weighted by Gasteiger charge is -2.13. The number of amides is 1. The van der Waals surface area contributed by atoms with E-state index in [9.17, 15) is 19.7 Å². The van der Waals surface area contributed by atoms with Gasteiger partial charge in [-0.25, -0.2) is 0 Å². The molecule has 0 radical (unpaired) electrons. The molecule has 132 valence electrons. The van der Waals surface area contributed by atoms with Gasteiger partial charge in [0.2, 0.25) is 0 Å². The molecule has 1 aliphatic rings. The number of unbranched alkanes of at least 4 members (excludes halogenated alkanes) is 2. The van der Waals surface area contributed by atoms with Crippen LogP contribution < -0.4 is 0 Å². The monoisotopic (exact) mass is 380 g/mol. The quantitative estimate of drug-likeness (QED) is 0.242. The highest BCUT2D eigenvalue weighted by Gasteiger charge is 2.31. The van der Waals surface area contributed by atoms with Crippen LogP contribution in [-0.4, -0.2) is 37.7 Å². The Labute approximate surface area is 153 Å². The number of aliphatic carboxylic acids is 1. The van der Waals surface area contributed by atoms with Gasteiger partial charge in [0.1, 0.15) is 4.32 Å². The highest BCUT2D eigenvalue weighted by atomic mass is 32.2. The fourth-order valence-electron chi connectivity index (χ4n) is 2.26. The molecule has 1 heterocycles. The fourth-order valence-corrected chi connectivity index (χ4v) is 3.57. The van der Waals surface area contributed by atoms with Gasteiger partial charge in [-0.15, -0.1) is 0 Å². The Morgan fingerprint density at radius 2 is 1.96 bits per heavy atom. The maximum Gasteiger partial charge on any atom is 0.303 e. The second-order valence-electron chi connectivity index (χ2n) is 5.39. The molecule has 0 atom stereocenters. The summed E-state index contributed by atoms with van der Waals surface area (Å²) in [6.45, 7) is 0.460. The third kappa shape index (κ3) is 5.36. The van der Waals surface area contributed by atoms with Gasteiger partial charge in [0, 0.05) is 25.1 Å². The molecule has 25 heavy (non-hydrogen) atoms. The Morgan fingerprint density at radius 1 is 1.28 bits per heavy atom. The van der Waals surface area contributed by atoms with Crippen molar-refractivity contribution in [3.8, 4) is 0 Å². The van der Waals surface area contributed by atoms with Crippen molar-refractivity contribution in [3.05, 3.63) is 44.8 Å². The van der Waals surface area contributed by atoms with Gasteiger partial charge in [0.25, 0.3) is 11.6 Å². The lowest BCUT2D eigenvalue weighted by molar-refractivity contribution is -0.384. The molecular formula is C16H16N2O5S2. The van der Waals surface area contributed by atoms with Crippen molar-refractivity contribution in [2.45, 2.75) is 25.7 Å². The summed E-state index contributed by atoms with van der Waals surface area (Å²) in [4.78, 5) is 35.0. The van der Waals surface area contributed by atoms with E-state index in [0.717, 1.165) is 0 Å². The molecule has 9 heteroatoms. The van der Waals surface area contributed by atoms with Crippen molar-refractivity contribution < 1.29 is 19.6 Å². The first-order valence-corrected chi connectivity index (χ1v) is 8.82. The SMILES string of the molecule is O=C(O)CCCCCN1C(=O)/C(=C\c2ccc([N+](=O)[O-])cc2)SC1=S. The van der Waals surface area contributed by atoms with Crippen LogP contribution in [0.15, 0.2) is 29.2 Å². The number of carbonyl (C=O) groups is 2. The smallest absolute Gasteiger partial charge is 0.303 e. The van der Waals surface area contributed by atoms with Crippen molar-refractivity contribution in [1.82, 2.24) is 4.90 Å². The molecule has 1 aromatic carbocycles. The van der Waals surface area contributed by atoms with Crippen LogP contribution >= 0.6 is 24.0 Å². The average molecular weight is 380 g/mol. The van der Waals surface area contributed by atoms with E-state index < -0.39 is 10.9 Å². The lowest BCUT2D eigenvalue weighted by atomic mass is 10.2. The zero-order chi connectivity index (χ0) is 18.4. The van der Waals surface area contributed by atoms with Gasteiger partial charge in [-0.05, 0) is 36.6 Å². The number of carboxylic acid groups (broad SMARTS) is 1. The van der Waals surface area contributed by atoms with Crippen molar-refractivity contribution >= 4 is 51.9 Å². The standard InChI is InChI=1S/C16H16N2O5S2/c19-14(20)4-2-1-3-9-17-15(21)13(25-16(17)24)10-11-5-7-12(8-6-11)18(22)23/h5-8,10H,1-4,9H2,(H,19,20)/b13-10+. The number of nitro groups is 1. The third-order valence-electron chi connectivity index (χ3n) is 3.55. The predicted molar refractivity (Wildman–Crippen MR) is 99.1 cm³/mol. The molecule has 1 saturated heterocycles. The number of nitro benzene ring substituents is 1. The molecule has 1 N–H and O–H groups in total. The van der Waals surface area contributed by atoms with Crippen molar-refractivity contribution in [2.75, 3.05) is 6.54 Å². The highest BCUT2D eigenvalue weighted by molar-refractivity contribution is 8.26. The number of rotatable bonds is 8. The zero-order valence-corrected chi connectivity index (χ0v) is 14.8. The predicted octanol–water partition coefficient (Wildman–Crippen LogP) is 3.44. The number of hydrogen-bond donors (Lipinski definition) is 1. The van der Waals surface area contributed by atoms with E-state index in [0.29, 0.717) is 40.6 Å². The van der Waals surface area contributed by atoms with Crippen LogP contribution in [0.2, 0.25) is 0 Å². The summed E-state index contributed by atoms with van der Waals surface area (Å²) in [5, 5.41) is 19.3. The third-order valence-corrected chi connectivity index (χ3v) is 4.93. The Balaban J connectivity index is 1.95. The maximum atomic E-state index is 12.4. The number of thiocarbonyl (C=S) groups is 1. The number of thioether (sulfide) groups is 1. The number of non-ortho nitro benzene ring substituents is 1. The molecule has 1 fully saturated rings. The number of benzene rings is 1. The molecule has 0 bridgehead atoms. The van der Waals surface area contributed by atoms with Gasteiger partial charge in [0.15, 0.2) is 0 Å². The minimum atomic E-state index is -0.823. The number of nitrogens with zero attached hydrogens (tertiary/aromatic N) is 2. The summed E-state index contributed by atoms with van der Waals surface area (Å²) >= 11 is 6.43. The Bertz CT molecular complexity index is 731. The number of carbonyl (C=O) groups excluding carboxylic acids is 1. The van der Waals surface area contributed by atoms with E-state index in [1.54, 1.807) is 18.2 Å². The van der Waals surface area contributed by atoms with Crippen molar-refractivity contribution in [1.29, 1.82) is 0 Å². The van der Waals surface area contributed by atoms with Gasteiger partial charge in [-0.1, -0.05) is 30.4 Å². The van der Waals surface area contributed by atoms with Crippen LogP contribution in [-0.2, 0) is 9.59 Å². The summed E-state index contributed by atoms with van der Waals surface area (Å²) in [5.41, 5.74) is 0.679. The molecule has 0 spiro atoms. The summed E-state index contributed by atoms with van der Waals surface area (Å²) < 4.78 is 0.469. The van der Waals surface area contributed by atoms with Crippen LogP contribution in [0.1, 0.15) is 31.2 Å². The summed E-state index contributed by atoms with van der Waals surface area (Å²) in [6.07, 6.45) is 3.75. The molecule has 1 amide bonds. The highest BCUT2D eigenvalue weighted by Crippen LogP contribution is 2.33. The maximum absolute atomic E-state index is 12.4. The second-order valence-corrected chi connectivity index (χ2v) is 7.06. The molecule has 0 saturated carbocycles.